The van der Waals surface area contributed by atoms with E-state index in [4.69, 9.17) is 9.47 Å². The van der Waals surface area contributed by atoms with E-state index < -0.39 is 0 Å². The van der Waals surface area contributed by atoms with Crippen molar-refractivity contribution in [1.82, 2.24) is 0 Å². The van der Waals surface area contributed by atoms with Crippen LogP contribution in [0.25, 0.3) is 11.1 Å². The highest BCUT2D eigenvalue weighted by Gasteiger charge is 2.27. The van der Waals surface area contributed by atoms with E-state index in [0.29, 0.717) is 24.7 Å². The lowest BCUT2D eigenvalue weighted by atomic mass is 9.91. The Balaban J connectivity index is 1.91. The van der Waals surface area contributed by atoms with Gasteiger partial charge in [-0.1, -0.05) is 0 Å². The van der Waals surface area contributed by atoms with E-state index in [1.165, 1.54) is 0 Å². The summed E-state index contributed by atoms with van der Waals surface area (Å²) < 4.78 is 11.4. The Morgan fingerprint density at radius 3 is 1.60 bits per heavy atom. The molecule has 0 atom stereocenters. The summed E-state index contributed by atoms with van der Waals surface area (Å²) in [5.74, 6) is 1.73. The second-order valence-electron chi connectivity index (χ2n) is 4.90. The number of rotatable bonds is 0. The van der Waals surface area contributed by atoms with Gasteiger partial charge in [-0.15, -0.1) is 0 Å². The van der Waals surface area contributed by atoms with E-state index in [-0.39, 0.29) is 11.5 Å². The minimum atomic E-state index is 0.190. The fraction of sp³-hybridized carbons (Fsp3) is 0.125. The Morgan fingerprint density at radius 2 is 1.15 bits per heavy atom. The molecule has 4 nitrogen and oxygen atoms in total. The maximum atomic E-state index is 9.52. The number of fused-ring (bicyclic) bond motifs is 4. The van der Waals surface area contributed by atoms with Crippen molar-refractivity contribution in [3.05, 3.63) is 47.5 Å². The largest absolute Gasteiger partial charge is 0.508 e. The lowest BCUT2D eigenvalue weighted by Crippen LogP contribution is -2.19. The summed E-state index contributed by atoms with van der Waals surface area (Å²) in [5.41, 5.74) is 4.04. The Hall–Kier alpha value is -2.62. The van der Waals surface area contributed by atoms with Gasteiger partial charge in [-0.2, -0.15) is 0 Å². The van der Waals surface area contributed by atoms with Crippen LogP contribution in [0.4, 0.5) is 0 Å². The van der Waals surface area contributed by atoms with Crippen molar-refractivity contribution in [3.8, 4) is 23.0 Å². The number of hydrogen-bond donors (Lipinski definition) is 2. The van der Waals surface area contributed by atoms with Crippen LogP contribution in [0.2, 0.25) is 0 Å². The molecule has 0 spiro atoms. The third-order valence-corrected chi connectivity index (χ3v) is 3.69. The second kappa shape index (κ2) is 3.93. The first-order valence-electron chi connectivity index (χ1n) is 6.37. The molecular weight excluding hydrogens is 256 g/mol. The second-order valence-corrected chi connectivity index (χ2v) is 4.90. The molecule has 0 unspecified atom stereocenters. The Bertz CT molecular complexity index is 683. The summed E-state index contributed by atoms with van der Waals surface area (Å²) in [6, 6.07) is 10.2. The van der Waals surface area contributed by atoms with Crippen molar-refractivity contribution in [2.45, 2.75) is 0 Å². The van der Waals surface area contributed by atoms with E-state index in [1.807, 2.05) is 12.1 Å². The lowest BCUT2D eigenvalue weighted by molar-refractivity contribution is 0.334. The molecule has 2 heterocycles. The third kappa shape index (κ3) is 1.54. The van der Waals surface area contributed by atoms with Crippen molar-refractivity contribution in [2.75, 3.05) is 13.2 Å². The normalized spacial score (nSPS) is 15.6. The van der Waals surface area contributed by atoms with Gasteiger partial charge in [0, 0.05) is 34.4 Å². The third-order valence-electron chi connectivity index (χ3n) is 3.69. The van der Waals surface area contributed by atoms with Crippen LogP contribution in [0.3, 0.4) is 0 Å². The molecule has 20 heavy (non-hydrogen) atoms. The number of ether oxygens (including phenoxy) is 2. The Morgan fingerprint density at radius 1 is 0.700 bits per heavy atom. The van der Waals surface area contributed by atoms with Gasteiger partial charge < -0.3 is 19.7 Å². The van der Waals surface area contributed by atoms with Crippen LogP contribution in [0.1, 0.15) is 11.1 Å². The summed E-state index contributed by atoms with van der Waals surface area (Å²) >= 11 is 0. The van der Waals surface area contributed by atoms with Crippen molar-refractivity contribution in [1.29, 1.82) is 0 Å². The monoisotopic (exact) mass is 268 g/mol. The zero-order valence-corrected chi connectivity index (χ0v) is 10.6. The predicted molar refractivity (Wildman–Crippen MR) is 74.0 cm³/mol. The molecule has 4 heteroatoms. The number of phenols is 2. The van der Waals surface area contributed by atoms with Crippen LogP contribution in [-0.2, 0) is 0 Å². The van der Waals surface area contributed by atoms with Crippen LogP contribution in [0, 0.1) is 0 Å². The average molecular weight is 268 g/mol. The van der Waals surface area contributed by atoms with E-state index in [0.717, 1.165) is 22.3 Å². The van der Waals surface area contributed by atoms with Crippen molar-refractivity contribution >= 4 is 11.1 Å². The molecule has 2 aliphatic heterocycles. The SMILES string of the molecule is Oc1ccc2c(c1)OCC1=C2COc2cc(O)ccc21. The van der Waals surface area contributed by atoms with Crippen molar-refractivity contribution < 1.29 is 19.7 Å². The fourth-order valence-electron chi connectivity index (χ4n) is 2.71. The molecule has 4 rings (SSSR count). The molecule has 0 saturated carbocycles. The van der Waals surface area contributed by atoms with Crippen LogP contribution in [-0.4, -0.2) is 23.4 Å². The topological polar surface area (TPSA) is 58.9 Å². The Labute approximate surface area is 115 Å². The molecule has 0 saturated heterocycles. The molecule has 0 aromatic heterocycles. The highest BCUT2D eigenvalue weighted by atomic mass is 16.5. The van der Waals surface area contributed by atoms with Gasteiger partial charge in [0.05, 0.1) is 0 Å². The molecule has 0 bridgehead atoms. The molecule has 0 aliphatic carbocycles. The van der Waals surface area contributed by atoms with Gasteiger partial charge in [-0.05, 0) is 24.3 Å². The van der Waals surface area contributed by atoms with Crippen LogP contribution in [0.15, 0.2) is 36.4 Å². The highest BCUT2D eigenvalue weighted by molar-refractivity contribution is 5.97. The maximum absolute atomic E-state index is 9.52. The van der Waals surface area contributed by atoms with Crippen molar-refractivity contribution in [2.24, 2.45) is 0 Å². The molecule has 0 amide bonds. The van der Waals surface area contributed by atoms with E-state index in [9.17, 15) is 10.2 Å². The lowest BCUT2D eigenvalue weighted by Gasteiger charge is -2.29. The molecule has 100 valence electrons. The molecule has 2 aromatic rings. The summed E-state index contributed by atoms with van der Waals surface area (Å²) in [5, 5.41) is 19.0. The number of phenolic OH excluding ortho intramolecular Hbond substituents is 2. The Kier molecular flexibility index (Phi) is 2.21. The van der Waals surface area contributed by atoms with E-state index in [1.54, 1.807) is 24.3 Å². The van der Waals surface area contributed by atoms with Gasteiger partial charge in [0.1, 0.15) is 36.2 Å². The molecular formula is C16H12O4. The van der Waals surface area contributed by atoms with Gasteiger partial charge in [-0.3, -0.25) is 0 Å². The quantitative estimate of drug-likeness (QED) is 0.771. The first-order valence-corrected chi connectivity index (χ1v) is 6.37. The zero-order chi connectivity index (χ0) is 13.7. The average Bonchev–Trinajstić information content (AvgIpc) is 2.45. The number of benzene rings is 2. The summed E-state index contributed by atoms with van der Waals surface area (Å²) in [6.07, 6.45) is 0. The van der Waals surface area contributed by atoms with Gasteiger partial charge in [0.2, 0.25) is 0 Å². The minimum Gasteiger partial charge on any atom is -0.508 e. The number of hydrogen-bond acceptors (Lipinski definition) is 4. The first-order chi connectivity index (χ1) is 9.72. The standard InChI is InChI=1S/C16H12O4/c17-9-1-3-11-13-7-20-16-6-10(18)2-4-12(16)14(13)8-19-15(11)5-9/h1-6,17-18H,7-8H2. The molecule has 2 aromatic carbocycles. The highest BCUT2D eigenvalue weighted by Crippen LogP contribution is 2.44. The zero-order valence-electron chi connectivity index (χ0n) is 10.6. The summed E-state index contributed by atoms with van der Waals surface area (Å²) in [6.45, 7) is 0.875. The van der Waals surface area contributed by atoms with E-state index in [2.05, 4.69) is 0 Å². The molecule has 0 fully saturated rings. The minimum absolute atomic E-state index is 0.190. The van der Waals surface area contributed by atoms with Gasteiger partial charge in [0.15, 0.2) is 0 Å². The summed E-state index contributed by atoms with van der Waals surface area (Å²) in [7, 11) is 0. The summed E-state index contributed by atoms with van der Waals surface area (Å²) in [4.78, 5) is 0. The van der Waals surface area contributed by atoms with Crippen LogP contribution < -0.4 is 9.47 Å². The molecule has 2 aliphatic rings. The van der Waals surface area contributed by atoms with Crippen LogP contribution >= 0.6 is 0 Å². The van der Waals surface area contributed by atoms with E-state index >= 15 is 0 Å². The van der Waals surface area contributed by atoms with Gasteiger partial charge in [-0.25, -0.2) is 0 Å². The number of aromatic hydroxyl groups is 2. The fourth-order valence-corrected chi connectivity index (χ4v) is 2.71. The first kappa shape index (κ1) is 11.2. The van der Waals surface area contributed by atoms with Crippen molar-refractivity contribution in [3.63, 3.8) is 0 Å². The predicted octanol–water partition coefficient (Wildman–Crippen LogP) is 2.79. The molecule has 2 N–H and O–H groups in total. The van der Waals surface area contributed by atoms with Gasteiger partial charge >= 0.3 is 0 Å². The van der Waals surface area contributed by atoms with Gasteiger partial charge in [0.25, 0.3) is 0 Å². The smallest absolute Gasteiger partial charge is 0.131 e. The van der Waals surface area contributed by atoms with Crippen LogP contribution in [0.5, 0.6) is 23.0 Å². The maximum Gasteiger partial charge on any atom is 0.131 e. The molecule has 0 radical (unpaired) electrons.